The van der Waals surface area contributed by atoms with Gasteiger partial charge in [-0.05, 0) is 48.5 Å². The minimum Gasteiger partial charge on any atom is -0.486 e. The first-order chi connectivity index (χ1) is 20.0. The summed E-state index contributed by atoms with van der Waals surface area (Å²) >= 11 is 0.862. The number of hydrogen-bond donors (Lipinski definition) is 3. The zero-order valence-electron chi connectivity index (χ0n) is 23.1. The Kier molecular flexibility index (Phi) is 9.03. The molecule has 4 N–H and O–H groups in total. The van der Waals surface area contributed by atoms with Crippen LogP contribution >= 0.6 is 11.5 Å². The van der Waals surface area contributed by atoms with E-state index in [1.54, 1.807) is 18.2 Å². The predicted octanol–water partition coefficient (Wildman–Crippen LogP) is 4.30. The number of nitrogens with one attached hydrogen (secondary N) is 2. The van der Waals surface area contributed by atoms with Gasteiger partial charge >= 0.3 is 0 Å². The largest absolute Gasteiger partial charge is 0.486 e. The van der Waals surface area contributed by atoms with E-state index in [1.165, 1.54) is 4.90 Å². The first-order valence-electron chi connectivity index (χ1n) is 14.1. The second-order valence-corrected chi connectivity index (χ2v) is 11.0. The highest BCUT2D eigenvalue weighted by Gasteiger charge is 2.35. The number of anilines is 2. The van der Waals surface area contributed by atoms with Crippen molar-refractivity contribution >= 4 is 40.6 Å². The van der Waals surface area contributed by atoms with Crippen LogP contribution < -0.4 is 30.7 Å². The number of carbonyl (C=O) groups is 3. The number of benzene rings is 2. The Labute approximate surface area is 243 Å². The zero-order valence-corrected chi connectivity index (χ0v) is 23.9. The minimum absolute atomic E-state index is 0.00963. The number of ether oxygens (including phenoxy) is 2. The summed E-state index contributed by atoms with van der Waals surface area (Å²) in [4.78, 5) is 42.2. The van der Waals surface area contributed by atoms with E-state index in [-0.39, 0.29) is 34.1 Å². The molecule has 2 heterocycles. The summed E-state index contributed by atoms with van der Waals surface area (Å²) in [6.07, 6.45) is 5.45. The summed E-state index contributed by atoms with van der Waals surface area (Å²) in [5, 5.41) is 5.97. The first-order valence-corrected chi connectivity index (χ1v) is 14.8. The maximum atomic E-state index is 14.2. The lowest BCUT2D eigenvalue weighted by Gasteiger charge is -2.31. The molecule has 5 rings (SSSR count). The van der Waals surface area contributed by atoms with Crippen LogP contribution in [0.3, 0.4) is 0 Å². The van der Waals surface area contributed by atoms with Crippen molar-refractivity contribution in [3.63, 3.8) is 0 Å². The number of rotatable bonds is 9. The third-order valence-electron chi connectivity index (χ3n) is 7.41. The Balaban J connectivity index is 1.44. The molecule has 10 nitrogen and oxygen atoms in total. The third kappa shape index (κ3) is 6.45. The molecule has 1 unspecified atom stereocenters. The number of fused-ring (bicyclic) bond motifs is 1. The molecule has 11 heteroatoms. The molecule has 216 valence electrons. The summed E-state index contributed by atoms with van der Waals surface area (Å²) in [6.45, 7) is 2.95. The predicted molar refractivity (Wildman–Crippen MR) is 157 cm³/mol. The molecule has 3 amide bonds. The van der Waals surface area contributed by atoms with Crippen LogP contribution in [-0.2, 0) is 11.3 Å². The average Bonchev–Trinajstić information content (AvgIpc) is 3.40. The van der Waals surface area contributed by atoms with Crippen molar-refractivity contribution < 1.29 is 23.9 Å². The van der Waals surface area contributed by atoms with Gasteiger partial charge in [0.2, 0.25) is 5.91 Å². The molecule has 1 aromatic heterocycles. The molecule has 0 bridgehead atoms. The standard InChI is InChI=1S/C30H35N5O5S/c1-2-22(28(36)32-18-19-9-5-3-6-10-19)35(21-13-14-23-24(17-21)40-16-15-39-23)30(38)27-25(31)26(34-41-27)29(37)33-20-11-7-4-8-12-20/h3,5-6,9-10,13-14,17,20,22H,2,4,7-8,11-12,15-16,18,31H2,1H3,(H,32,36)(H,33,37). The van der Waals surface area contributed by atoms with E-state index in [1.807, 2.05) is 37.3 Å². The molecule has 0 saturated heterocycles. The van der Waals surface area contributed by atoms with Gasteiger partial charge in [0.25, 0.3) is 11.8 Å². The number of nitrogen functional groups attached to an aromatic ring is 1. The smallest absolute Gasteiger partial charge is 0.273 e. The fourth-order valence-electron chi connectivity index (χ4n) is 5.23. The molecule has 2 aromatic carbocycles. The summed E-state index contributed by atoms with van der Waals surface area (Å²) in [5.74, 6) is -0.180. The number of nitrogens with two attached hydrogens (primary N) is 1. The fraction of sp³-hybridized carbons (Fsp3) is 0.400. The second kappa shape index (κ2) is 13.0. The SMILES string of the molecule is CCC(C(=O)NCc1ccccc1)N(C(=O)c1snc(C(=O)NC2CCCCC2)c1N)c1ccc2c(c1)OCCO2. The number of nitrogens with zero attached hydrogens (tertiary/aromatic N) is 2. The van der Waals surface area contributed by atoms with E-state index in [2.05, 4.69) is 15.0 Å². The average molecular weight is 578 g/mol. The van der Waals surface area contributed by atoms with Gasteiger partial charge in [-0.3, -0.25) is 19.3 Å². The monoisotopic (exact) mass is 577 g/mol. The summed E-state index contributed by atoms with van der Waals surface area (Å²) in [5.41, 5.74) is 7.81. The lowest BCUT2D eigenvalue weighted by atomic mass is 9.95. The third-order valence-corrected chi connectivity index (χ3v) is 8.26. The fourth-order valence-corrected chi connectivity index (χ4v) is 5.97. The molecule has 41 heavy (non-hydrogen) atoms. The maximum Gasteiger partial charge on any atom is 0.273 e. The second-order valence-electron chi connectivity index (χ2n) is 10.2. The number of aromatic nitrogens is 1. The van der Waals surface area contributed by atoms with E-state index in [9.17, 15) is 14.4 Å². The normalized spacial score (nSPS) is 15.5. The van der Waals surface area contributed by atoms with Crippen LogP contribution in [0.4, 0.5) is 11.4 Å². The Morgan fingerprint density at radius 3 is 2.51 bits per heavy atom. The van der Waals surface area contributed by atoms with Crippen LogP contribution in [0.5, 0.6) is 11.5 Å². The highest BCUT2D eigenvalue weighted by molar-refractivity contribution is 7.09. The Hall–Kier alpha value is -4.12. The lowest BCUT2D eigenvalue weighted by Crippen LogP contribution is -2.49. The van der Waals surface area contributed by atoms with Crippen molar-refractivity contribution in [3.8, 4) is 11.5 Å². The van der Waals surface area contributed by atoms with Gasteiger partial charge in [-0.25, -0.2) is 0 Å². The molecule has 2 aliphatic rings. The zero-order chi connectivity index (χ0) is 28.8. The van der Waals surface area contributed by atoms with Crippen LogP contribution in [0.1, 0.15) is 71.2 Å². The molecule has 1 aliphatic heterocycles. The van der Waals surface area contributed by atoms with Gasteiger partial charge in [-0.1, -0.05) is 56.5 Å². The molecule has 0 spiro atoms. The van der Waals surface area contributed by atoms with Crippen molar-refractivity contribution in [2.45, 2.75) is 64.1 Å². The van der Waals surface area contributed by atoms with E-state index in [4.69, 9.17) is 15.2 Å². The van der Waals surface area contributed by atoms with Crippen molar-refractivity contribution in [2.75, 3.05) is 23.8 Å². The van der Waals surface area contributed by atoms with Crippen molar-refractivity contribution in [3.05, 3.63) is 64.7 Å². The van der Waals surface area contributed by atoms with E-state index in [0.29, 0.717) is 43.4 Å². The van der Waals surface area contributed by atoms with Crippen LogP contribution in [-0.4, -0.2) is 47.4 Å². The quantitative estimate of drug-likeness (QED) is 0.345. The highest BCUT2D eigenvalue weighted by atomic mass is 32.1. The molecule has 0 radical (unpaired) electrons. The van der Waals surface area contributed by atoms with Gasteiger partial charge in [0.15, 0.2) is 17.2 Å². The van der Waals surface area contributed by atoms with Crippen molar-refractivity contribution in [2.24, 2.45) is 0 Å². The number of carbonyl (C=O) groups excluding carboxylic acids is 3. The molecule has 1 aliphatic carbocycles. The van der Waals surface area contributed by atoms with Gasteiger partial charge in [-0.15, -0.1) is 0 Å². The van der Waals surface area contributed by atoms with Crippen LogP contribution in [0.15, 0.2) is 48.5 Å². The molecule has 3 aromatic rings. The molecule has 1 saturated carbocycles. The Bertz CT molecular complexity index is 1390. The van der Waals surface area contributed by atoms with Crippen molar-refractivity contribution in [1.29, 1.82) is 0 Å². The molecule has 1 fully saturated rings. The van der Waals surface area contributed by atoms with Gasteiger partial charge < -0.3 is 25.8 Å². The molecular weight excluding hydrogens is 542 g/mol. The summed E-state index contributed by atoms with van der Waals surface area (Å²) < 4.78 is 15.7. The molecular formula is C30H35N5O5S. The summed E-state index contributed by atoms with van der Waals surface area (Å²) in [6, 6.07) is 13.9. The van der Waals surface area contributed by atoms with Crippen LogP contribution in [0.25, 0.3) is 0 Å². The van der Waals surface area contributed by atoms with Gasteiger partial charge in [0, 0.05) is 24.3 Å². The highest BCUT2D eigenvalue weighted by Crippen LogP contribution is 2.36. The van der Waals surface area contributed by atoms with E-state index >= 15 is 0 Å². The van der Waals surface area contributed by atoms with Crippen LogP contribution in [0.2, 0.25) is 0 Å². The summed E-state index contributed by atoms with van der Waals surface area (Å²) in [7, 11) is 0. The maximum absolute atomic E-state index is 14.2. The topological polar surface area (TPSA) is 136 Å². The van der Waals surface area contributed by atoms with Crippen molar-refractivity contribution in [1.82, 2.24) is 15.0 Å². The Morgan fingerprint density at radius 1 is 1.05 bits per heavy atom. The minimum atomic E-state index is -0.866. The van der Waals surface area contributed by atoms with Gasteiger partial charge in [0.1, 0.15) is 24.1 Å². The van der Waals surface area contributed by atoms with E-state index < -0.39 is 11.9 Å². The van der Waals surface area contributed by atoms with E-state index in [0.717, 1.165) is 49.2 Å². The number of hydrogen-bond acceptors (Lipinski definition) is 8. The lowest BCUT2D eigenvalue weighted by molar-refractivity contribution is -0.122. The number of amides is 3. The van der Waals surface area contributed by atoms with Crippen LogP contribution in [0, 0.1) is 0 Å². The Morgan fingerprint density at radius 2 is 1.78 bits per heavy atom. The van der Waals surface area contributed by atoms with Gasteiger partial charge in [-0.2, -0.15) is 4.37 Å². The first kappa shape index (κ1) is 28.4. The van der Waals surface area contributed by atoms with Gasteiger partial charge in [0.05, 0.1) is 5.69 Å². The molecule has 1 atom stereocenters.